The van der Waals surface area contributed by atoms with Crippen LogP contribution in [-0.4, -0.2) is 59.0 Å². The van der Waals surface area contributed by atoms with Crippen molar-refractivity contribution in [2.75, 3.05) is 54.1 Å². The van der Waals surface area contributed by atoms with Crippen LogP contribution in [0.25, 0.3) is 0 Å². The van der Waals surface area contributed by atoms with Crippen molar-refractivity contribution in [1.82, 2.24) is 10.2 Å². The lowest BCUT2D eigenvalue weighted by molar-refractivity contribution is 0.217. The van der Waals surface area contributed by atoms with Crippen molar-refractivity contribution in [2.45, 2.75) is 26.3 Å². The second kappa shape index (κ2) is 10.5. The number of nitrogens with one attached hydrogen (secondary N) is 1. The lowest BCUT2D eigenvalue weighted by atomic mass is 9.89. The molecule has 1 unspecified atom stereocenters. The molecule has 0 saturated heterocycles. The van der Waals surface area contributed by atoms with Crippen molar-refractivity contribution < 1.29 is 18.9 Å². The summed E-state index contributed by atoms with van der Waals surface area (Å²) in [6.07, 6.45) is 0.899. The molecule has 0 saturated carbocycles. The molecule has 164 valence electrons. The number of rotatable bonds is 10. The van der Waals surface area contributed by atoms with Crippen LogP contribution in [0.4, 0.5) is 0 Å². The number of benzene rings is 2. The lowest BCUT2D eigenvalue weighted by Gasteiger charge is -2.29. The summed E-state index contributed by atoms with van der Waals surface area (Å²) in [5.74, 6) is 3.12. The van der Waals surface area contributed by atoms with Gasteiger partial charge in [0.1, 0.15) is 6.61 Å². The normalized spacial score (nSPS) is 15.6. The summed E-state index contributed by atoms with van der Waals surface area (Å²) in [6.45, 7) is 8.78. The van der Waals surface area contributed by atoms with Crippen molar-refractivity contribution in [3.05, 3.63) is 47.0 Å². The van der Waals surface area contributed by atoms with Gasteiger partial charge in [-0.25, -0.2) is 0 Å². The van der Waals surface area contributed by atoms with Gasteiger partial charge in [0.05, 0.1) is 27.4 Å². The molecule has 0 amide bonds. The standard InChI is InChI=1S/C24H34N2O4/c1-6-26(7-2)14-15-30-20-10-8-17(16-22(20)28-4)23-18-9-11-21(27-3)24(29-5)19(18)12-13-25-23/h8-11,16,23,25H,6-7,12-15H2,1-5H3. The van der Waals surface area contributed by atoms with Gasteiger partial charge in [-0.1, -0.05) is 26.0 Å². The molecule has 3 rings (SSSR count). The van der Waals surface area contributed by atoms with Crippen LogP contribution in [0.15, 0.2) is 30.3 Å². The average molecular weight is 415 g/mol. The van der Waals surface area contributed by atoms with Crippen LogP contribution in [0.2, 0.25) is 0 Å². The molecule has 1 atom stereocenters. The maximum absolute atomic E-state index is 6.02. The molecule has 0 spiro atoms. The summed E-state index contributed by atoms with van der Waals surface area (Å²) in [6, 6.07) is 10.3. The first-order chi connectivity index (χ1) is 14.7. The molecular formula is C24H34N2O4. The number of hydrogen-bond donors (Lipinski definition) is 1. The Bertz CT molecular complexity index is 836. The van der Waals surface area contributed by atoms with E-state index in [0.717, 1.165) is 61.2 Å². The highest BCUT2D eigenvalue weighted by molar-refractivity contribution is 5.55. The second-order valence-electron chi connectivity index (χ2n) is 7.29. The molecule has 6 heteroatoms. The highest BCUT2D eigenvalue weighted by Crippen LogP contribution is 2.41. The van der Waals surface area contributed by atoms with Gasteiger partial charge in [-0.2, -0.15) is 0 Å². The topological polar surface area (TPSA) is 52.2 Å². The van der Waals surface area contributed by atoms with Crippen LogP contribution in [0.3, 0.4) is 0 Å². The fourth-order valence-electron chi connectivity index (χ4n) is 4.09. The maximum atomic E-state index is 6.02. The van der Waals surface area contributed by atoms with E-state index in [-0.39, 0.29) is 6.04 Å². The molecule has 1 heterocycles. The van der Waals surface area contributed by atoms with Gasteiger partial charge >= 0.3 is 0 Å². The SMILES string of the molecule is CCN(CC)CCOc1ccc(C2NCCc3c2ccc(OC)c3OC)cc1OC. The van der Waals surface area contributed by atoms with Crippen LogP contribution in [0.5, 0.6) is 23.0 Å². The number of ether oxygens (including phenoxy) is 4. The Balaban J connectivity index is 1.84. The monoisotopic (exact) mass is 414 g/mol. The van der Waals surface area contributed by atoms with Crippen LogP contribution in [0, 0.1) is 0 Å². The van der Waals surface area contributed by atoms with Gasteiger partial charge in [0.2, 0.25) is 0 Å². The van der Waals surface area contributed by atoms with Crippen LogP contribution in [0.1, 0.15) is 36.6 Å². The highest BCUT2D eigenvalue weighted by Gasteiger charge is 2.26. The zero-order chi connectivity index (χ0) is 21.5. The second-order valence-corrected chi connectivity index (χ2v) is 7.29. The molecule has 0 radical (unpaired) electrons. The number of nitrogens with zero attached hydrogens (tertiary/aromatic N) is 1. The summed E-state index contributed by atoms with van der Waals surface area (Å²) in [4.78, 5) is 2.34. The smallest absolute Gasteiger partial charge is 0.164 e. The molecule has 1 N–H and O–H groups in total. The number of methoxy groups -OCH3 is 3. The molecular weight excluding hydrogens is 380 g/mol. The Labute approximate surface area is 180 Å². The fraction of sp³-hybridized carbons (Fsp3) is 0.500. The van der Waals surface area contributed by atoms with Crippen molar-refractivity contribution in [2.24, 2.45) is 0 Å². The first kappa shape index (κ1) is 22.2. The minimum Gasteiger partial charge on any atom is -0.493 e. The van der Waals surface area contributed by atoms with Gasteiger partial charge in [-0.15, -0.1) is 0 Å². The molecule has 0 aliphatic carbocycles. The minimum absolute atomic E-state index is 0.0622. The Morgan fingerprint density at radius 1 is 0.933 bits per heavy atom. The van der Waals surface area contributed by atoms with E-state index in [9.17, 15) is 0 Å². The Hall–Kier alpha value is -2.44. The Morgan fingerprint density at radius 2 is 1.67 bits per heavy atom. The van der Waals surface area contributed by atoms with E-state index in [0.29, 0.717) is 6.61 Å². The molecule has 0 aromatic heterocycles. The fourth-order valence-corrected chi connectivity index (χ4v) is 4.09. The van der Waals surface area contributed by atoms with Gasteiger partial charge in [-0.05, 0) is 48.8 Å². The minimum atomic E-state index is 0.0622. The van der Waals surface area contributed by atoms with Gasteiger partial charge in [-0.3, -0.25) is 0 Å². The van der Waals surface area contributed by atoms with Gasteiger partial charge in [0, 0.05) is 18.7 Å². The Morgan fingerprint density at radius 3 is 2.33 bits per heavy atom. The lowest BCUT2D eigenvalue weighted by Crippen LogP contribution is -2.31. The zero-order valence-corrected chi connectivity index (χ0v) is 18.8. The predicted molar refractivity (Wildman–Crippen MR) is 119 cm³/mol. The molecule has 0 bridgehead atoms. The first-order valence-corrected chi connectivity index (χ1v) is 10.7. The van der Waals surface area contributed by atoms with E-state index in [1.54, 1.807) is 21.3 Å². The van der Waals surface area contributed by atoms with Crippen LogP contribution in [-0.2, 0) is 6.42 Å². The van der Waals surface area contributed by atoms with Crippen molar-refractivity contribution >= 4 is 0 Å². The third-order valence-electron chi connectivity index (χ3n) is 5.80. The van der Waals surface area contributed by atoms with Crippen molar-refractivity contribution in [3.63, 3.8) is 0 Å². The van der Waals surface area contributed by atoms with Crippen LogP contribution < -0.4 is 24.3 Å². The highest BCUT2D eigenvalue weighted by atomic mass is 16.5. The van der Waals surface area contributed by atoms with E-state index in [2.05, 4.69) is 42.3 Å². The largest absolute Gasteiger partial charge is 0.493 e. The summed E-state index contributed by atoms with van der Waals surface area (Å²) in [7, 11) is 5.06. The number of hydrogen-bond acceptors (Lipinski definition) is 6. The van der Waals surface area contributed by atoms with E-state index in [1.165, 1.54) is 11.1 Å². The molecule has 30 heavy (non-hydrogen) atoms. The number of likely N-dealkylation sites (N-methyl/N-ethyl adjacent to an activating group) is 1. The van der Waals surface area contributed by atoms with Gasteiger partial charge in [0.25, 0.3) is 0 Å². The third-order valence-corrected chi connectivity index (χ3v) is 5.80. The van der Waals surface area contributed by atoms with E-state index in [1.807, 2.05) is 12.1 Å². The maximum Gasteiger partial charge on any atom is 0.164 e. The summed E-state index contributed by atoms with van der Waals surface area (Å²) in [5.41, 5.74) is 3.53. The van der Waals surface area contributed by atoms with Crippen molar-refractivity contribution in [1.29, 1.82) is 0 Å². The van der Waals surface area contributed by atoms with E-state index in [4.69, 9.17) is 18.9 Å². The van der Waals surface area contributed by atoms with E-state index < -0.39 is 0 Å². The summed E-state index contributed by atoms with van der Waals surface area (Å²) >= 11 is 0. The summed E-state index contributed by atoms with van der Waals surface area (Å²) < 4.78 is 22.8. The Kier molecular flexibility index (Phi) is 7.82. The van der Waals surface area contributed by atoms with Gasteiger partial charge in [0.15, 0.2) is 23.0 Å². The molecule has 2 aromatic rings. The van der Waals surface area contributed by atoms with E-state index >= 15 is 0 Å². The average Bonchev–Trinajstić information content (AvgIpc) is 2.80. The molecule has 1 aliphatic rings. The first-order valence-electron chi connectivity index (χ1n) is 10.7. The predicted octanol–water partition coefficient (Wildman–Crippen LogP) is 3.67. The molecule has 6 nitrogen and oxygen atoms in total. The van der Waals surface area contributed by atoms with Crippen LogP contribution >= 0.6 is 0 Å². The molecule has 0 fully saturated rings. The quantitative estimate of drug-likeness (QED) is 0.640. The third kappa shape index (κ3) is 4.65. The molecule has 1 aliphatic heterocycles. The molecule has 2 aromatic carbocycles. The summed E-state index contributed by atoms with van der Waals surface area (Å²) in [5, 5.41) is 3.63. The van der Waals surface area contributed by atoms with Crippen molar-refractivity contribution in [3.8, 4) is 23.0 Å². The van der Waals surface area contributed by atoms with Gasteiger partial charge < -0.3 is 29.2 Å². The zero-order valence-electron chi connectivity index (χ0n) is 18.8. The number of fused-ring (bicyclic) bond motifs is 1.